The number of benzene rings is 2. The minimum Gasteiger partial charge on any atom is -0.508 e. The van der Waals surface area contributed by atoms with Gasteiger partial charge in [-0.15, -0.1) is 0 Å². The molecule has 21 heavy (non-hydrogen) atoms. The van der Waals surface area contributed by atoms with Crippen molar-refractivity contribution in [2.24, 2.45) is 0 Å². The molecule has 110 valence electrons. The van der Waals surface area contributed by atoms with Gasteiger partial charge in [0.05, 0.1) is 4.92 Å². The molecule has 2 N–H and O–H groups in total. The maximum absolute atomic E-state index is 13.1. The van der Waals surface area contributed by atoms with Gasteiger partial charge in [-0.3, -0.25) is 10.1 Å². The van der Waals surface area contributed by atoms with Crippen LogP contribution in [0.2, 0.25) is 0 Å². The van der Waals surface area contributed by atoms with E-state index in [4.69, 9.17) is 0 Å². The Morgan fingerprint density at radius 2 is 1.95 bits per heavy atom. The van der Waals surface area contributed by atoms with Crippen molar-refractivity contribution in [1.82, 2.24) is 5.32 Å². The standard InChI is InChI=1S/C15H15FN2O3/c1-10-11(3-2-4-14(10)18(20)21)8-17-9-12-7-13(16)5-6-15(12)19/h2-7,17,19H,8-9H2,1H3. The number of nitro groups is 1. The summed E-state index contributed by atoms with van der Waals surface area (Å²) < 4.78 is 13.1. The number of hydrogen-bond donors (Lipinski definition) is 2. The van der Waals surface area contributed by atoms with Crippen LogP contribution >= 0.6 is 0 Å². The molecule has 0 aromatic heterocycles. The Morgan fingerprint density at radius 3 is 2.67 bits per heavy atom. The van der Waals surface area contributed by atoms with Gasteiger partial charge in [0.2, 0.25) is 0 Å². The number of hydrogen-bond acceptors (Lipinski definition) is 4. The number of rotatable bonds is 5. The second-order valence-electron chi connectivity index (χ2n) is 4.69. The third-order valence-electron chi connectivity index (χ3n) is 3.29. The van der Waals surface area contributed by atoms with Crippen molar-refractivity contribution >= 4 is 5.69 Å². The molecule has 0 aliphatic carbocycles. The van der Waals surface area contributed by atoms with E-state index in [1.807, 2.05) is 0 Å². The summed E-state index contributed by atoms with van der Waals surface area (Å²) >= 11 is 0. The first-order valence-electron chi connectivity index (χ1n) is 6.40. The van der Waals surface area contributed by atoms with Crippen LogP contribution < -0.4 is 5.32 Å². The zero-order valence-electron chi connectivity index (χ0n) is 11.5. The molecule has 0 radical (unpaired) electrons. The zero-order chi connectivity index (χ0) is 15.4. The van der Waals surface area contributed by atoms with Crippen molar-refractivity contribution in [3.8, 4) is 5.75 Å². The van der Waals surface area contributed by atoms with E-state index >= 15 is 0 Å². The van der Waals surface area contributed by atoms with E-state index in [0.717, 1.165) is 5.56 Å². The van der Waals surface area contributed by atoms with Crippen molar-refractivity contribution in [3.05, 3.63) is 69.0 Å². The van der Waals surface area contributed by atoms with Crippen molar-refractivity contribution in [1.29, 1.82) is 0 Å². The second kappa shape index (κ2) is 6.32. The Balaban J connectivity index is 2.05. The Bertz CT molecular complexity index is 674. The molecule has 0 saturated carbocycles. The fourth-order valence-electron chi connectivity index (χ4n) is 2.09. The molecular formula is C15H15FN2O3. The van der Waals surface area contributed by atoms with E-state index in [0.29, 0.717) is 17.7 Å². The first-order chi connectivity index (χ1) is 9.99. The van der Waals surface area contributed by atoms with Gasteiger partial charge in [0.15, 0.2) is 0 Å². The fourth-order valence-corrected chi connectivity index (χ4v) is 2.09. The van der Waals surface area contributed by atoms with Crippen LogP contribution in [0.25, 0.3) is 0 Å². The molecule has 0 heterocycles. The lowest BCUT2D eigenvalue weighted by molar-refractivity contribution is -0.385. The second-order valence-corrected chi connectivity index (χ2v) is 4.69. The SMILES string of the molecule is Cc1c(CNCc2cc(F)ccc2O)cccc1[N+](=O)[O-]. The van der Waals surface area contributed by atoms with Crippen molar-refractivity contribution < 1.29 is 14.4 Å². The van der Waals surface area contributed by atoms with Gasteiger partial charge in [0.1, 0.15) is 11.6 Å². The van der Waals surface area contributed by atoms with Gasteiger partial charge in [-0.1, -0.05) is 12.1 Å². The number of halogens is 1. The molecule has 0 spiro atoms. The predicted molar refractivity (Wildman–Crippen MR) is 76.4 cm³/mol. The molecule has 0 saturated heterocycles. The average molecular weight is 290 g/mol. The summed E-state index contributed by atoms with van der Waals surface area (Å²) in [4.78, 5) is 10.4. The van der Waals surface area contributed by atoms with Crippen LogP contribution in [0.1, 0.15) is 16.7 Å². The van der Waals surface area contributed by atoms with Crippen LogP contribution in [0.15, 0.2) is 36.4 Å². The van der Waals surface area contributed by atoms with E-state index in [-0.39, 0.29) is 18.0 Å². The molecule has 0 fully saturated rings. The number of nitro benzene ring substituents is 1. The third kappa shape index (κ3) is 3.55. The third-order valence-corrected chi connectivity index (χ3v) is 3.29. The molecule has 0 aliphatic rings. The minimum atomic E-state index is -0.420. The van der Waals surface area contributed by atoms with Gasteiger partial charge < -0.3 is 10.4 Å². The summed E-state index contributed by atoms with van der Waals surface area (Å²) in [5, 5.41) is 23.5. The van der Waals surface area contributed by atoms with Crippen molar-refractivity contribution in [3.63, 3.8) is 0 Å². The Kier molecular flexibility index (Phi) is 4.49. The van der Waals surface area contributed by atoms with Crippen molar-refractivity contribution in [2.75, 3.05) is 0 Å². The minimum absolute atomic E-state index is 0.0136. The molecule has 0 aliphatic heterocycles. The monoisotopic (exact) mass is 290 g/mol. The smallest absolute Gasteiger partial charge is 0.272 e. The highest BCUT2D eigenvalue weighted by Crippen LogP contribution is 2.21. The Labute approximate surface area is 121 Å². The molecule has 6 heteroatoms. The largest absolute Gasteiger partial charge is 0.508 e. The molecule has 2 rings (SSSR count). The topological polar surface area (TPSA) is 75.4 Å². The average Bonchev–Trinajstić information content (AvgIpc) is 2.44. The van der Waals surface area contributed by atoms with Crippen molar-refractivity contribution in [2.45, 2.75) is 20.0 Å². The number of phenolic OH excluding ortho intramolecular Hbond substituents is 1. The Hall–Kier alpha value is -2.47. The summed E-state index contributed by atoms with van der Waals surface area (Å²) in [6.07, 6.45) is 0. The van der Waals surface area contributed by atoms with E-state index in [1.165, 1.54) is 24.3 Å². The summed E-state index contributed by atoms with van der Waals surface area (Å²) in [6.45, 7) is 2.35. The van der Waals surface area contributed by atoms with Crippen LogP contribution in [-0.2, 0) is 13.1 Å². The van der Waals surface area contributed by atoms with Crippen LogP contribution in [0, 0.1) is 22.9 Å². The predicted octanol–water partition coefficient (Wildman–Crippen LogP) is 3.04. The summed E-state index contributed by atoms with van der Waals surface area (Å²) in [5.41, 5.74) is 1.90. The zero-order valence-corrected chi connectivity index (χ0v) is 11.5. The van der Waals surface area contributed by atoms with Gasteiger partial charge in [0.25, 0.3) is 5.69 Å². The summed E-state index contributed by atoms with van der Waals surface area (Å²) in [6, 6.07) is 8.61. The highest BCUT2D eigenvalue weighted by Gasteiger charge is 2.12. The van der Waals surface area contributed by atoms with Crippen LogP contribution in [0.4, 0.5) is 10.1 Å². The van der Waals surface area contributed by atoms with E-state index in [9.17, 15) is 19.6 Å². The van der Waals surface area contributed by atoms with Gasteiger partial charge in [-0.05, 0) is 30.7 Å². The number of nitrogens with one attached hydrogen (secondary N) is 1. The number of aromatic hydroxyl groups is 1. The summed E-state index contributed by atoms with van der Waals surface area (Å²) in [7, 11) is 0. The lowest BCUT2D eigenvalue weighted by atomic mass is 10.1. The highest BCUT2D eigenvalue weighted by molar-refractivity contribution is 5.44. The molecule has 0 bridgehead atoms. The summed E-state index contributed by atoms with van der Waals surface area (Å²) in [5.74, 6) is -0.407. The number of nitrogens with zero attached hydrogens (tertiary/aromatic N) is 1. The quantitative estimate of drug-likeness (QED) is 0.655. The van der Waals surface area contributed by atoms with Crippen LogP contribution in [0.3, 0.4) is 0 Å². The van der Waals surface area contributed by atoms with E-state index in [2.05, 4.69) is 5.32 Å². The van der Waals surface area contributed by atoms with Gasteiger partial charge in [-0.2, -0.15) is 0 Å². The molecule has 2 aromatic carbocycles. The first kappa shape index (κ1) is 14.9. The van der Waals surface area contributed by atoms with Gasteiger partial charge >= 0.3 is 0 Å². The normalized spacial score (nSPS) is 10.6. The molecule has 5 nitrogen and oxygen atoms in total. The maximum atomic E-state index is 13.1. The first-order valence-corrected chi connectivity index (χ1v) is 6.40. The van der Waals surface area contributed by atoms with Gasteiger partial charge in [-0.25, -0.2) is 4.39 Å². The molecule has 2 aromatic rings. The van der Waals surface area contributed by atoms with Gasteiger partial charge in [0, 0.05) is 30.3 Å². The molecule has 0 atom stereocenters. The van der Waals surface area contributed by atoms with Crippen LogP contribution in [-0.4, -0.2) is 10.0 Å². The molecule has 0 unspecified atom stereocenters. The maximum Gasteiger partial charge on any atom is 0.272 e. The lowest BCUT2D eigenvalue weighted by Gasteiger charge is -2.09. The highest BCUT2D eigenvalue weighted by atomic mass is 19.1. The number of phenols is 1. The van der Waals surface area contributed by atoms with Crippen LogP contribution in [0.5, 0.6) is 5.75 Å². The fraction of sp³-hybridized carbons (Fsp3) is 0.200. The van der Waals surface area contributed by atoms with E-state index in [1.54, 1.807) is 19.1 Å². The van der Waals surface area contributed by atoms with E-state index < -0.39 is 10.7 Å². The molecular weight excluding hydrogens is 275 g/mol. The molecule has 0 amide bonds. The Morgan fingerprint density at radius 1 is 1.24 bits per heavy atom. The lowest BCUT2D eigenvalue weighted by Crippen LogP contribution is -2.14.